The zero-order valence-electron chi connectivity index (χ0n) is 34.4. The van der Waals surface area contributed by atoms with E-state index in [1.54, 1.807) is 14.0 Å². The Morgan fingerprint density at radius 2 is 1.67 bits per heavy atom. The van der Waals surface area contributed by atoms with Gasteiger partial charge in [-0.15, -0.1) is 6.58 Å². The van der Waals surface area contributed by atoms with Crippen LogP contribution in [0, 0.1) is 70.0 Å². The highest BCUT2D eigenvalue weighted by Gasteiger charge is 2.64. The number of aryl methyl sites for hydroxylation is 1. The Kier molecular flexibility index (Phi) is 10.7. The number of aliphatic hydroxyl groups excluding tert-OH is 1. The lowest BCUT2D eigenvalue weighted by Crippen LogP contribution is -2.59. The number of carbonyl (C=O) groups is 2. The second-order valence-electron chi connectivity index (χ2n) is 19.8. The van der Waals surface area contributed by atoms with Crippen LogP contribution in [-0.4, -0.2) is 41.3 Å². The molecular formula is C48H67NO6. The number of rotatable bonds is 10. The van der Waals surface area contributed by atoms with Crippen LogP contribution in [-0.2, 0) is 25.5 Å². The van der Waals surface area contributed by atoms with Crippen LogP contribution in [0.4, 0.5) is 0 Å². The van der Waals surface area contributed by atoms with Crippen molar-refractivity contribution in [1.82, 2.24) is 4.98 Å². The van der Waals surface area contributed by atoms with Crippen molar-refractivity contribution < 1.29 is 28.9 Å². The largest absolute Gasteiger partial charge is 0.497 e. The number of methoxy groups -OCH3 is 1. The molecule has 2 aromatic rings. The molecule has 300 valence electrons. The van der Waals surface area contributed by atoms with Crippen molar-refractivity contribution in [2.75, 3.05) is 7.11 Å². The number of hydrogen-bond acceptors (Lipinski definition) is 7. The predicted octanol–water partition coefficient (Wildman–Crippen LogP) is 10.2. The number of allylic oxidation sites excluding steroid dienone is 1. The Labute approximate surface area is 329 Å². The number of aliphatic hydroxyl groups is 1. The van der Waals surface area contributed by atoms with Crippen molar-refractivity contribution in [3.05, 3.63) is 48.2 Å². The van der Waals surface area contributed by atoms with Gasteiger partial charge in [0.1, 0.15) is 18.0 Å². The third-order valence-electron chi connectivity index (χ3n) is 17.3. The van der Waals surface area contributed by atoms with Crippen molar-refractivity contribution in [2.45, 2.75) is 143 Å². The number of fused-ring (bicyclic) bond motifs is 9. The van der Waals surface area contributed by atoms with Crippen LogP contribution in [0.3, 0.4) is 0 Å². The fraction of sp³-hybridized carbons (Fsp3) is 0.729. The molecule has 0 spiro atoms. The van der Waals surface area contributed by atoms with Gasteiger partial charge in [0, 0.05) is 30.8 Å². The van der Waals surface area contributed by atoms with E-state index in [0.29, 0.717) is 53.3 Å². The molecule has 0 saturated heterocycles. The third-order valence-corrected chi connectivity index (χ3v) is 17.3. The molecule has 2 unspecified atom stereocenters. The van der Waals surface area contributed by atoms with Crippen LogP contribution in [0.2, 0.25) is 0 Å². The van der Waals surface area contributed by atoms with Crippen molar-refractivity contribution in [1.29, 1.82) is 0 Å². The minimum atomic E-state index is -0.518. The summed E-state index contributed by atoms with van der Waals surface area (Å²) in [5, 5.41) is 13.2. The van der Waals surface area contributed by atoms with Crippen LogP contribution >= 0.6 is 0 Å². The number of pyridine rings is 1. The standard InChI is InChI=1S/C48H67NO6/c1-8-30-21-32-11-10-31(30)22-37(32)46(52)39-25-34(49-43-16-13-35(53-7)26-38(39)43)12-9-27(2)40-14-15-41-45-42(18-20-48(40,41)6)47(5)19-17-36(54-28(3)50)23-33(47)24-44(45)55-29(4)51/h8,13,16,25-27,30-33,36-37,40-42,44-46,52H,1,9-12,14-15,17-24H2,2-7H3/t27-,30?,31+,32+,33+,36-,37?,40-,41+,42+,44-,45+,46+,47+,48-/m1/s1. The molecule has 1 N–H and O–H groups in total. The number of hydrogen-bond donors (Lipinski definition) is 1. The van der Waals surface area contributed by atoms with Gasteiger partial charge in [0.15, 0.2) is 0 Å². The van der Waals surface area contributed by atoms with Gasteiger partial charge in [-0.2, -0.15) is 0 Å². The normalized spacial score (nSPS) is 40.3. The van der Waals surface area contributed by atoms with Gasteiger partial charge in [0.05, 0.1) is 18.7 Å². The van der Waals surface area contributed by atoms with Crippen LogP contribution in [0.5, 0.6) is 5.75 Å². The van der Waals surface area contributed by atoms with Gasteiger partial charge in [0.2, 0.25) is 0 Å². The van der Waals surface area contributed by atoms with E-state index in [1.165, 1.54) is 45.4 Å². The molecule has 7 aliphatic rings. The molecule has 9 rings (SSSR count). The third kappa shape index (κ3) is 6.94. The van der Waals surface area contributed by atoms with Crippen LogP contribution < -0.4 is 4.74 Å². The summed E-state index contributed by atoms with van der Waals surface area (Å²) < 4.78 is 17.7. The van der Waals surface area contributed by atoms with Gasteiger partial charge in [-0.1, -0.05) is 26.8 Å². The number of ether oxygens (including phenoxy) is 3. The fourth-order valence-corrected chi connectivity index (χ4v) is 14.6. The molecule has 2 bridgehead atoms. The molecule has 7 heteroatoms. The highest BCUT2D eigenvalue weighted by atomic mass is 16.5. The molecule has 0 radical (unpaired) electrons. The molecule has 1 aromatic carbocycles. The smallest absolute Gasteiger partial charge is 0.302 e. The molecule has 7 nitrogen and oxygen atoms in total. The SMILES string of the molecule is C=CC1C[C@@H]2CC[C@H]1CC2[C@H](O)c1cc(CC[C@@H](C)[C@H]2CC[C@H]3[C@@H]4[C@H](OC(C)=O)C[C@@H]5C[C@H](OC(C)=O)CC[C@]5(C)[C@H]4CC[C@]23C)nc2ccc(OC)cc12. The monoisotopic (exact) mass is 753 g/mol. The lowest BCUT2D eigenvalue weighted by molar-refractivity contribution is -0.197. The van der Waals surface area contributed by atoms with Gasteiger partial charge in [-0.3, -0.25) is 14.6 Å². The van der Waals surface area contributed by atoms with E-state index in [9.17, 15) is 14.7 Å². The van der Waals surface area contributed by atoms with E-state index in [-0.39, 0.29) is 40.9 Å². The van der Waals surface area contributed by atoms with Gasteiger partial charge >= 0.3 is 11.9 Å². The maximum Gasteiger partial charge on any atom is 0.302 e. The lowest BCUT2D eigenvalue weighted by atomic mass is 9.43. The zero-order chi connectivity index (χ0) is 38.8. The summed E-state index contributed by atoms with van der Waals surface area (Å²) in [6.45, 7) is 14.8. The average Bonchev–Trinajstić information content (AvgIpc) is 3.53. The van der Waals surface area contributed by atoms with Crippen molar-refractivity contribution in [2.24, 2.45) is 70.0 Å². The minimum Gasteiger partial charge on any atom is -0.497 e. The first-order chi connectivity index (χ1) is 26.3. The molecule has 1 heterocycles. The first kappa shape index (κ1) is 38.9. The summed E-state index contributed by atoms with van der Waals surface area (Å²) in [6.07, 6.45) is 16.8. The molecule has 0 aliphatic heterocycles. The Hall–Kier alpha value is -2.93. The highest BCUT2D eigenvalue weighted by Crippen LogP contribution is 2.69. The number of nitrogens with zero attached hydrogens (tertiary/aromatic N) is 1. The van der Waals surface area contributed by atoms with E-state index in [0.717, 1.165) is 79.3 Å². The van der Waals surface area contributed by atoms with Crippen molar-refractivity contribution in [3.8, 4) is 5.75 Å². The van der Waals surface area contributed by atoms with E-state index >= 15 is 0 Å². The topological polar surface area (TPSA) is 95.0 Å². The summed E-state index contributed by atoms with van der Waals surface area (Å²) >= 11 is 0. The Bertz CT molecular complexity index is 1770. The number of esters is 2. The van der Waals surface area contributed by atoms with E-state index in [2.05, 4.69) is 51.6 Å². The number of carbonyl (C=O) groups excluding carboxylic acids is 2. The van der Waals surface area contributed by atoms with E-state index in [1.807, 2.05) is 6.07 Å². The molecule has 1 aromatic heterocycles. The highest BCUT2D eigenvalue weighted by molar-refractivity contribution is 5.84. The number of aromatic nitrogens is 1. The molecular weight excluding hydrogens is 687 g/mol. The van der Waals surface area contributed by atoms with Crippen LogP contribution in [0.1, 0.15) is 135 Å². The fourth-order valence-electron chi connectivity index (χ4n) is 14.6. The summed E-state index contributed by atoms with van der Waals surface area (Å²) in [4.78, 5) is 29.7. The minimum absolute atomic E-state index is 0.0256. The summed E-state index contributed by atoms with van der Waals surface area (Å²) in [5.41, 5.74) is 3.43. The van der Waals surface area contributed by atoms with E-state index < -0.39 is 6.10 Å². The molecule has 15 atom stereocenters. The Morgan fingerprint density at radius 1 is 0.927 bits per heavy atom. The van der Waals surface area contributed by atoms with Gasteiger partial charge in [-0.25, -0.2) is 0 Å². The van der Waals surface area contributed by atoms with Crippen LogP contribution in [0.15, 0.2) is 36.9 Å². The zero-order valence-corrected chi connectivity index (χ0v) is 34.4. The molecule has 55 heavy (non-hydrogen) atoms. The average molecular weight is 754 g/mol. The predicted molar refractivity (Wildman–Crippen MR) is 215 cm³/mol. The molecule has 7 fully saturated rings. The quantitative estimate of drug-likeness (QED) is 0.191. The Balaban J connectivity index is 1.01. The Morgan fingerprint density at radius 3 is 2.38 bits per heavy atom. The maximum atomic E-state index is 12.6. The maximum absolute atomic E-state index is 12.6. The lowest BCUT2D eigenvalue weighted by Gasteiger charge is -2.62. The second kappa shape index (κ2) is 15.1. The first-order valence-electron chi connectivity index (χ1n) is 22.0. The number of benzene rings is 1. The van der Waals surface area contributed by atoms with Gasteiger partial charge < -0.3 is 19.3 Å². The first-order valence-corrected chi connectivity index (χ1v) is 22.0. The summed E-state index contributed by atoms with van der Waals surface area (Å²) in [7, 11) is 1.70. The molecule has 7 aliphatic carbocycles. The molecule has 0 amide bonds. The van der Waals surface area contributed by atoms with E-state index in [4.69, 9.17) is 19.2 Å². The second-order valence-corrected chi connectivity index (χ2v) is 19.8. The van der Waals surface area contributed by atoms with Gasteiger partial charge in [-0.05, 0) is 184 Å². The van der Waals surface area contributed by atoms with Gasteiger partial charge in [0.25, 0.3) is 0 Å². The molecule has 7 saturated carbocycles. The van der Waals surface area contributed by atoms with Crippen molar-refractivity contribution >= 4 is 22.8 Å². The summed E-state index contributed by atoms with van der Waals surface area (Å²) in [5.74, 6) is 5.40. The van der Waals surface area contributed by atoms with Crippen LogP contribution in [0.25, 0.3) is 10.9 Å². The summed E-state index contributed by atoms with van der Waals surface area (Å²) in [6, 6.07) is 8.36. The van der Waals surface area contributed by atoms with Crippen molar-refractivity contribution in [3.63, 3.8) is 0 Å².